The first-order chi connectivity index (χ1) is 28.2. The number of para-hydroxylation sites is 1. The average Bonchev–Trinajstić information content (AvgIpc) is 3.96. The van der Waals surface area contributed by atoms with Crippen LogP contribution in [0.4, 0.5) is 0 Å². The summed E-state index contributed by atoms with van der Waals surface area (Å²) in [5.41, 5.74) is 9.96. The van der Waals surface area contributed by atoms with E-state index < -0.39 is 0 Å². The molecule has 0 N–H and O–H groups in total. The van der Waals surface area contributed by atoms with Gasteiger partial charge in [-0.05, 0) is 53.6 Å². The zero-order chi connectivity index (χ0) is 37.5. The van der Waals surface area contributed by atoms with Crippen molar-refractivity contribution in [1.82, 2.24) is 19.5 Å². The van der Waals surface area contributed by atoms with Crippen LogP contribution in [0.1, 0.15) is 0 Å². The van der Waals surface area contributed by atoms with E-state index in [2.05, 4.69) is 144 Å². The van der Waals surface area contributed by atoms with Gasteiger partial charge in [0, 0.05) is 64.1 Å². The summed E-state index contributed by atoms with van der Waals surface area (Å²) in [6.45, 7) is 0. The van der Waals surface area contributed by atoms with Gasteiger partial charge in [0.25, 0.3) is 0 Å². The predicted molar refractivity (Wildman–Crippen MR) is 236 cm³/mol. The van der Waals surface area contributed by atoms with Crippen molar-refractivity contribution in [3.05, 3.63) is 182 Å². The van der Waals surface area contributed by atoms with Crippen LogP contribution in [0.15, 0.2) is 186 Å². The normalized spacial score (nSPS) is 11.9. The summed E-state index contributed by atoms with van der Waals surface area (Å²) in [5, 5.41) is 6.79. The summed E-state index contributed by atoms with van der Waals surface area (Å²) in [6, 6.07) is 63.7. The van der Waals surface area contributed by atoms with Gasteiger partial charge in [0.15, 0.2) is 23.1 Å². The van der Waals surface area contributed by atoms with Crippen LogP contribution >= 0.6 is 11.3 Å². The molecule has 4 heterocycles. The molecule has 6 heteroatoms. The Labute approximate surface area is 330 Å². The molecule has 0 aliphatic heterocycles. The third kappa shape index (κ3) is 5.04. The number of hydrogen-bond donors (Lipinski definition) is 0. The van der Waals surface area contributed by atoms with Crippen LogP contribution in [0.25, 0.3) is 115 Å². The van der Waals surface area contributed by atoms with Gasteiger partial charge in [0.1, 0.15) is 5.58 Å². The summed E-state index contributed by atoms with van der Waals surface area (Å²) in [5.74, 6) is 1.85. The SMILES string of the molecule is c1ccc(-c2ccc(-n3c4ccccc4c4ccc5c(oc6cccc(-c7nc(-c8ccccc8)nc(-c8ccc9c(c8)sc8ccccc89)n7)c65)c43)cc2)cc1. The zero-order valence-electron chi connectivity index (χ0n) is 30.4. The van der Waals surface area contributed by atoms with Crippen molar-refractivity contribution < 1.29 is 4.42 Å². The maximum atomic E-state index is 6.93. The Hall–Kier alpha value is -7.41. The van der Waals surface area contributed by atoms with Crippen LogP contribution in [0.5, 0.6) is 0 Å². The van der Waals surface area contributed by atoms with E-state index in [0.29, 0.717) is 17.5 Å². The maximum Gasteiger partial charge on any atom is 0.164 e. The Kier molecular flexibility index (Phi) is 7.03. The van der Waals surface area contributed by atoms with Crippen LogP contribution in [-0.2, 0) is 0 Å². The van der Waals surface area contributed by atoms with Gasteiger partial charge in [-0.1, -0.05) is 140 Å². The van der Waals surface area contributed by atoms with Crippen LogP contribution in [0.3, 0.4) is 0 Å². The van der Waals surface area contributed by atoms with Crippen molar-refractivity contribution in [2.45, 2.75) is 0 Å². The Morgan fingerprint density at radius 2 is 1.04 bits per heavy atom. The van der Waals surface area contributed by atoms with Gasteiger partial charge in [-0.15, -0.1) is 11.3 Å². The second kappa shape index (κ2) is 12.6. The summed E-state index contributed by atoms with van der Waals surface area (Å²) < 4.78 is 11.7. The molecule has 0 radical (unpaired) electrons. The highest BCUT2D eigenvalue weighted by molar-refractivity contribution is 7.25. The largest absolute Gasteiger partial charge is 0.454 e. The van der Waals surface area contributed by atoms with Gasteiger partial charge in [-0.3, -0.25) is 0 Å². The lowest BCUT2D eigenvalue weighted by molar-refractivity contribution is 0.671. The van der Waals surface area contributed by atoms with Crippen LogP contribution < -0.4 is 0 Å². The fourth-order valence-corrected chi connectivity index (χ4v) is 9.57. The minimum absolute atomic E-state index is 0.598. The standard InChI is InChI=1S/C51H30N4OS/c1-3-12-31(13-4-1)32-22-25-35(26-23-32)55-42-19-9-7-16-36(42)39-28-29-40-46-41(18-11-20-43(46)56-48(40)47(39)55)51-53-49(33-14-5-2-6-15-33)52-50(54-51)34-24-27-38-37-17-8-10-21-44(37)57-45(38)30-34/h1-30H. The molecule has 0 unspecified atom stereocenters. The lowest BCUT2D eigenvalue weighted by atomic mass is 10.0. The van der Waals surface area contributed by atoms with Gasteiger partial charge >= 0.3 is 0 Å². The van der Waals surface area contributed by atoms with Gasteiger partial charge < -0.3 is 8.98 Å². The fraction of sp³-hybridized carbons (Fsp3) is 0. The van der Waals surface area contributed by atoms with Gasteiger partial charge in [0.05, 0.1) is 11.0 Å². The monoisotopic (exact) mass is 746 g/mol. The van der Waals surface area contributed by atoms with Crippen molar-refractivity contribution in [2.75, 3.05) is 0 Å². The minimum atomic E-state index is 0.598. The van der Waals surface area contributed by atoms with Crippen LogP contribution in [0.2, 0.25) is 0 Å². The van der Waals surface area contributed by atoms with E-state index in [9.17, 15) is 0 Å². The molecule has 0 saturated carbocycles. The second-order valence-electron chi connectivity index (χ2n) is 14.4. The molecule has 0 bridgehead atoms. The Morgan fingerprint density at radius 3 is 1.86 bits per heavy atom. The molecule has 266 valence electrons. The van der Waals surface area contributed by atoms with Crippen molar-refractivity contribution in [2.24, 2.45) is 0 Å². The molecule has 5 nitrogen and oxygen atoms in total. The molecular weight excluding hydrogens is 717 g/mol. The highest BCUT2D eigenvalue weighted by Crippen LogP contribution is 2.43. The molecule has 0 atom stereocenters. The number of fused-ring (bicyclic) bond motifs is 10. The molecule has 0 amide bonds. The molecule has 0 aliphatic rings. The highest BCUT2D eigenvalue weighted by atomic mass is 32.1. The topological polar surface area (TPSA) is 56.7 Å². The molecule has 0 spiro atoms. The minimum Gasteiger partial charge on any atom is -0.454 e. The molecule has 8 aromatic carbocycles. The molecular formula is C51H30N4OS. The zero-order valence-corrected chi connectivity index (χ0v) is 31.2. The molecule has 0 fully saturated rings. The van der Waals surface area contributed by atoms with Gasteiger partial charge in [0.2, 0.25) is 0 Å². The molecule has 57 heavy (non-hydrogen) atoms. The van der Waals surface area contributed by atoms with E-state index in [-0.39, 0.29) is 0 Å². The number of benzene rings is 8. The lowest BCUT2D eigenvalue weighted by Gasteiger charge is -2.10. The lowest BCUT2D eigenvalue weighted by Crippen LogP contribution is -2.00. The van der Waals surface area contributed by atoms with E-state index in [1.54, 1.807) is 11.3 Å². The Bertz CT molecular complexity index is 3510. The van der Waals surface area contributed by atoms with Crippen molar-refractivity contribution in [3.63, 3.8) is 0 Å². The number of rotatable bonds is 5. The highest BCUT2D eigenvalue weighted by Gasteiger charge is 2.22. The summed E-state index contributed by atoms with van der Waals surface area (Å²) in [4.78, 5) is 15.5. The Morgan fingerprint density at radius 1 is 0.421 bits per heavy atom. The van der Waals surface area contributed by atoms with E-state index in [1.165, 1.54) is 36.7 Å². The third-order valence-electron chi connectivity index (χ3n) is 11.1. The smallest absolute Gasteiger partial charge is 0.164 e. The third-order valence-corrected chi connectivity index (χ3v) is 12.2. The van der Waals surface area contributed by atoms with Crippen molar-refractivity contribution in [3.8, 4) is 51.0 Å². The first-order valence-electron chi connectivity index (χ1n) is 19.0. The summed E-state index contributed by atoms with van der Waals surface area (Å²) in [6.07, 6.45) is 0. The number of thiophene rings is 1. The molecule has 0 saturated heterocycles. The predicted octanol–water partition coefficient (Wildman–Crippen LogP) is 13.9. The Balaban J connectivity index is 1.08. The maximum absolute atomic E-state index is 6.93. The van der Waals surface area contributed by atoms with Crippen LogP contribution in [-0.4, -0.2) is 19.5 Å². The van der Waals surface area contributed by atoms with E-state index in [1.807, 2.05) is 42.5 Å². The number of aromatic nitrogens is 4. The van der Waals surface area contributed by atoms with E-state index in [0.717, 1.165) is 60.7 Å². The van der Waals surface area contributed by atoms with E-state index >= 15 is 0 Å². The first-order valence-corrected chi connectivity index (χ1v) is 19.8. The second-order valence-corrected chi connectivity index (χ2v) is 15.4. The first kappa shape index (κ1) is 31.9. The summed E-state index contributed by atoms with van der Waals surface area (Å²) in [7, 11) is 0. The number of hydrogen-bond acceptors (Lipinski definition) is 5. The fourth-order valence-electron chi connectivity index (χ4n) is 8.43. The molecule has 12 rings (SSSR count). The van der Waals surface area contributed by atoms with Crippen LogP contribution in [0, 0.1) is 0 Å². The number of nitrogens with zero attached hydrogens (tertiary/aromatic N) is 4. The number of furan rings is 1. The van der Waals surface area contributed by atoms with Crippen molar-refractivity contribution in [1.29, 1.82) is 0 Å². The average molecular weight is 747 g/mol. The molecule has 4 aromatic heterocycles. The molecule has 0 aliphatic carbocycles. The van der Waals surface area contributed by atoms with Gasteiger partial charge in [-0.2, -0.15) is 0 Å². The van der Waals surface area contributed by atoms with Crippen molar-refractivity contribution >= 4 is 75.3 Å². The van der Waals surface area contributed by atoms with Gasteiger partial charge in [-0.25, -0.2) is 15.0 Å². The quantitative estimate of drug-likeness (QED) is 0.176. The summed E-state index contributed by atoms with van der Waals surface area (Å²) >= 11 is 1.79. The van der Waals surface area contributed by atoms with E-state index in [4.69, 9.17) is 19.4 Å². The molecule has 12 aromatic rings.